The summed E-state index contributed by atoms with van der Waals surface area (Å²) in [4.78, 5) is 11.5. The van der Waals surface area contributed by atoms with Crippen LogP contribution in [0.4, 0.5) is 13.2 Å². The number of hydrogen-bond donors (Lipinski definition) is 2. The van der Waals surface area contributed by atoms with Crippen LogP contribution in [0.25, 0.3) is 0 Å². The maximum atomic E-state index is 12.6. The van der Waals surface area contributed by atoms with Crippen LogP contribution >= 0.6 is 0 Å². The van der Waals surface area contributed by atoms with E-state index in [1.54, 1.807) is 13.8 Å². The van der Waals surface area contributed by atoms with E-state index in [9.17, 15) is 23.1 Å². The number of alkyl halides is 3. The molecule has 0 fully saturated rings. The number of benzene rings is 1. The van der Waals surface area contributed by atoms with Crippen LogP contribution in [-0.2, 0) is 11.0 Å². The predicted octanol–water partition coefficient (Wildman–Crippen LogP) is 2.51. The van der Waals surface area contributed by atoms with Crippen molar-refractivity contribution in [1.29, 1.82) is 0 Å². The number of aliphatic hydroxyl groups is 1. The van der Waals surface area contributed by atoms with Crippen LogP contribution in [0.15, 0.2) is 24.3 Å². The normalized spacial score (nSPS) is 13.4. The molecule has 1 unspecified atom stereocenters. The monoisotopic (exact) mass is 275 g/mol. The summed E-state index contributed by atoms with van der Waals surface area (Å²) in [5.74, 6) is -0.628. The lowest BCUT2D eigenvalue weighted by atomic mass is 10.0. The van der Waals surface area contributed by atoms with Gasteiger partial charge >= 0.3 is 6.18 Å². The van der Waals surface area contributed by atoms with Gasteiger partial charge in [0.15, 0.2) is 0 Å². The Kier molecular flexibility index (Phi) is 4.94. The van der Waals surface area contributed by atoms with E-state index in [2.05, 4.69) is 5.32 Å². The van der Waals surface area contributed by atoms with Crippen molar-refractivity contribution in [3.8, 4) is 0 Å². The summed E-state index contributed by atoms with van der Waals surface area (Å²) in [6.45, 7) is 2.87. The Hall–Kier alpha value is -1.56. The molecule has 19 heavy (non-hydrogen) atoms. The van der Waals surface area contributed by atoms with E-state index in [1.165, 1.54) is 12.1 Å². The fourth-order valence-corrected chi connectivity index (χ4v) is 1.50. The van der Waals surface area contributed by atoms with Crippen molar-refractivity contribution in [2.45, 2.75) is 26.1 Å². The minimum Gasteiger partial charge on any atom is -0.394 e. The Morgan fingerprint density at radius 3 is 2.47 bits per heavy atom. The third kappa shape index (κ3) is 4.24. The number of rotatable bonds is 4. The number of amides is 1. The standard InChI is InChI=1S/C13H16F3NO2/c1-8(2)12(19)17-11(7-18)9-4-3-5-10(6-9)13(14,15)16/h3-6,8,11,18H,7H2,1-2H3,(H,17,19). The van der Waals surface area contributed by atoms with Gasteiger partial charge in [0.2, 0.25) is 5.91 Å². The molecule has 1 rings (SSSR count). The van der Waals surface area contributed by atoms with Gasteiger partial charge in [0.1, 0.15) is 0 Å². The smallest absolute Gasteiger partial charge is 0.394 e. The molecule has 0 spiro atoms. The molecule has 1 atom stereocenters. The molecule has 0 radical (unpaired) electrons. The van der Waals surface area contributed by atoms with Gasteiger partial charge in [0.25, 0.3) is 0 Å². The Morgan fingerprint density at radius 2 is 2.00 bits per heavy atom. The van der Waals surface area contributed by atoms with Gasteiger partial charge in [-0.1, -0.05) is 26.0 Å². The zero-order valence-electron chi connectivity index (χ0n) is 10.7. The molecule has 0 aliphatic rings. The highest BCUT2D eigenvalue weighted by atomic mass is 19.4. The van der Waals surface area contributed by atoms with Crippen LogP contribution in [-0.4, -0.2) is 17.6 Å². The van der Waals surface area contributed by atoms with Crippen molar-refractivity contribution < 1.29 is 23.1 Å². The van der Waals surface area contributed by atoms with Crippen LogP contribution in [0.5, 0.6) is 0 Å². The van der Waals surface area contributed by atoms with E-state index in [1.807, 2.05) is 0 Å². The molecule has 0 aliphatic carbocycles. The van der Waals surface area contributed by atoms with E-state index in [0.29, 0.717) is 0 Å². The van der Waals surface area contributed by atoms with Crippen LogP contribution in [0.3, 0.4) is 0 Å². The second-order valence-electron chi connectivity index (χ2n) is 4.52. The van der Waals surface area contributed by atoms with E-state index < -0.39 is 24.4 Å². The summed E-state index contributed by atoms with van der Waals surface area (Å²) in [5, 5.41) is 11.7. The van der Waals surface area contributed by atoms with Crippen LogP contribution in [0, 0.1) is 5.92 Å². The summed E-state index contributed by atoms with van der Waals surface area (Å²) in [6.07, 6.45) is -4.45. The van der Waals surface area contributed by atoms with E-state index >= 15 is 0 Å². The average molecular weight is 275 g/mol. The molecule has 0 bridgehead atoms. The fourth-order valence-electron chi connectivity index (χ4n) is 1.50. The quantitative estimate of drug-likeness (QED) is 0.887. The molecule has 1 aromatic rings. The molecule has 2 N–H and O–H groups in total. The van der Waals surface area contributed by atoms with E-state index in [0.717, 1.165) is 12.1 Å². The SMILES string of the molecule is CC(C)C(=O)NC(CO)c1cccc(C(F)(F)F)c1. The lowest BCUT2D eigenvalue weighted by Gasteiger charge is -2.19. The molecule has 106 valence electrons. The van der Waals surface area contributed by atoms with Gasteiger partial charge in [-0.05, 0) is 17.7 Å². The first kappa shape index (κ1) is 15.5. The summed E-state index contributed by atoms with van der Waals surface area (Å²) in [7, 11) is 0. The van der Waals surface area contributed by atoms with Gasteiger partial charge in [-0.15, -0.1) is 0 Å². The van der Waals surface area contributed by atoms with Crippen molar-refractivity contribution in [1.82, 2.24) is 5.32 Å². The number of aliphatic hydroxyl groups excluding tert-OH is 1. The maximum absolute atomic E-state index is 12.6. The van der Waals surface area contributed by atoms with E-state index in [4.69, 9.17) is 0 Å². The molecular formula is C13H16F3NO2. The Balaban J connectivity index is 2.96. The van der Waals surface area contributed by atoms with Crippen LogP contribution in [0.1, 0.15) is 31.0 Å². The summed E-state index contributed by atoms with van der Waals surface area (Å²) < 4.78 is 37.7. The Bertz CT molecular complexity index is 444. The Labute approximate surface area is 109 Å². The van der Waals surface area contributed by atoms with Gasteiger partial charge in [-0.25, -0.2) is 0 Å². The van der Waals surface area contributed by atoms with E-state index in [-0.39, 0.29) is 17.4 Å². The third-order valence-electron chi connectivity index (χ3n) is 2.64. The maximum Gasteiger partial charge on any atom is 0.416 e. The lowest BCUT2D eigenvalue weighted by molar-refractivity contribution is -0.137. The van der Waals surface area contributed by atoms with Crippen LogP contribution in [0.2, 0.25) is 0 Å². The highest BCUT2D eigenvalue weighted by molar-refractivity contribution is 5.78. The number of carbonyl (C=O) groups excluding carboxylic acids is 1. The van der Waals surface area contributed by atoms with Crippen molar-refractivity contribution >= 4 is 5.91 Å². The molecule has 0 aliphatic heterocycles. The zero-order valence-corrected chi connectivity index (χ0v) is 10.7. The topological polar surface area (TPSA) is 49.3 Å². The molecule has 1 amide bonds. The number of hydrogen-bond acceptors (Lipinski definition) is 2. The largest absolute Gasteiger partial charge is 0.416 e. The first-order chi connectivity index (χ1) is 8.75. The zero-order chi connectivity index (χ0) is 14.6. The lowest BCUT2D eigenvalue weighted by Crippen LogP contribution is -2.33. The minimum atomic E-state index is -4.45. The minimum absolute atomic E-state index is 0.228. The Morgan fingerprint density at radius 1 is 1.37 bits per heavy atom. The second kappa shape index (κ2) is 6.06. The first-order valence-electron chi connectivity index (χ1n) is 5.84. The fraction of sp³-hybridized carbons (Fsp3) is 0.462. The molecule has 3 nitrogen and oxygen atoms in total. The molecular weight excluding hydrogens is 259 g/mol. The van der Waals surface area contributed by atoms with Crippen molar-refractivity contribution in [2.24, 2.45) is 5.92 Å². The summed E-state index contributed by atoms with van der Waals surface area (Å²) in [6, 6.07) is 3.74. The van der Waals surface area contributed by atoms with Crippen molar-refractivity contribution in [2.75, 3.05) is 6.61 Å². The highest BCUT2D eigenvalue weighted by Gasteiger charge is 2.31. The predicted molar refractivity (Wildman–Crippen MR) is 64.3 cm³/mol. The van der Waals surface area contributed by atoms with Crippen molar-refractivity contribution in [3.63, 3.8) is 0 Å². The molecule has 0 heterocycles. The van der Waals surface area contributed by atoms with Gasteiger partial charge in [0, 0.05) is 5.92 Å². The third-order valence-corrected chi connectivity index (χ3v) is 2.64. The molecule has 0 aromatic heterocycles. The molecule has 6 heteroatoms. The van der Waals surface area contributed by atoms with Gasteiger partial charge in [-0.2, -0.15) is 13.2 Å². The molecule has 1 aromatic carbocycles. The average Bonchev–Trinajstić information content (AvgIpc) is 2.34. The number of nitrogens with one attached hydrogen (secondary N) is 1. The van der Waals surface area contributed by atoms with Crippen molar-refractivity contribution in [3.05, 3.63) is 35.4 Å². The number of carbonyl (C=O) groups is 1. The highest BCUT2D eigenvalue weighted by Crippen LogP contribution is 2.30. The van der Waals surface area contributed by atoms with Gasteiger partial charge in [0.05, 0.1) is 18.2 Å². The number of halogens is 3. The van der Waals surface area contributed by atoms with Gasteiger partial charge in [-0.3, -0.25) is 4.79 Å². The molecule has 0 saturated carbocycles. The van der Waals surface area contributed by atoms with Gasteiger partial charge < -0.3 is 10.4 Å². The first-order valence-corrected chi connectivity index (χ1v) is 5.84. The summed E-state index contributed by atoms with van der Waals surface area (Å²) in [5.41, 5.74) is -0.575. The molecule has 0 saturated heterocycles. The van der Waals surface area contributed by atoms with Crippen LogP contribution < -0.4 is 5.32 Å². The second-order valence-corrected chi connectivity index (χ2v) is 4.52. The summed E-state index contributed by atoms with van der Waals surface area (Å²) >= 11 is 0.